The number of ketones is 1. The van der Waals surface area contributed by atoms with Gasteiger partial charge in [-0.1, -0.05) is 36.4 Å². The fourth-order valence-corrected chi connectivity index (χ4v) is 4.66. The second-order valence-electron chi connectivity index (χ2n) is 9.34. The lowest BCUT2D eigenvalue weighted by Gasteiger charge is -2.31. The zero-order valence-electron chi connectivity index (χ0n) is 20.2. The van der Waals surface area contributed by atoms with Gasteiger partial charge in [-0.25, -0.2) is 0 Å². The summed E-state index contributed by atoms with van der Waals surface area (Å²) in [6, 6.07) is 12.8. The van der Waals surface area contributed by atoms with Gasteiger partial charge in [0.25, 0.3) is 0 Å². The van der Waals surface area contributed by atoms with Gasteiger partial charge in [-0.05, 0) is 48.6 Å². The number of aliphatic hydroxyl groups excluding tert-OH is 1. The van der Waals surface area contributed by atoms with E-state index in [0.717, 1.165) is 55.7 Å². The highest BCUT2D eigenvalue weighted by molar-refractivity contribution is 6.09. The van der Waals surface area contributed by atoms with Gasteiger partial charge in [-0.15, -0.1) is 0 Å². The lowest BCUT2D eigenvalue weighted by atomic mass is 9.77. The summed E-state index contributed by atoms with van der Waals surface area (Å²) in [5, 5.41) is 15.5. The molecule has 2 unspecified atom stereocenters. The van der Waals surface area contributed by atoms with E-state index in [9.17, 15) is 9.59 Å². The number of aliphatic hydroxyl groups is 1. The first-order chi connectivity index (χ1) is 16.9. The molecule has 0 amide bonds. The van der Waals surface area contributed by atoms with Gasteiger partial charge in [-0.2, -0.15) is 5.10 Å². The second kappa shape index (κ2) is 11.6. The number of carbonyl (C=O) groups excluding carboxylic acids is 2. The number of hydrogen-bond acceptors (Lipinski definition) is 8. The Morgan fingerprint density at radius 1 is 1.11 bits per heavy atom. The van der Waals surface area contributed by atoms with Gasteiger partial charge in [0.15, 0.2) is 5.78 Å². The molecule has 2 atom stereocenters. The molecule has 1 heterocycles. The highest BCUT2D eigenvalue weighted by Crippen LogP contribution is 2.35. The predicted molar refractivity (Wildman–Crippen MR) is 134 cm³/mol. The first kappa shape index (κ1) is 25.0. The lowest BCUT2D eigenvalue weighted by molar-refractivity contribution is -0.146. The number of ether oxygens (including phenoxy) is 1. The Balaban J connectivity index is 1.41. The van der Waals surface area contributed by atoms with E-state index in [0.29, 0.717) is 11.1 Å². The fraction of sp³-hybridized carbons (Fsp3) is 0.444. The minimum absolute atomic E-state index is 0.00345. The first-order valence-corrected chi connectivity index (χ1v) is 12.2. The minimum Gasteiger partial charge on any atom is -0.463 e. The monoisotopic (exact) mass is 478 g/mol. The average Bonchev–Trinajstić information content (AvgIpc) is 2.88. The molecule has 35 heavy (non-hydrogen) atoms. The van der Waals surface area contributed by atoms with Crippen molar-refractivity contribution in [3.63, 3.8) is 0 Å². The van der Waals surface area contributed by atoms with Gasteiger partial charge in [0.05, 0.1) is 19.2 Å². The summed E-state index contributed by atoms with van der Waals surface area (Å²) >= 11 is 0. The number of rotatable bonds is 8. The summed E-state index contributed by atoms with van der Waals surface area (Å²) in [6.07, 6.45) is 3.63. The van der Waals surface area contributed by atoms with Crippen LogP contribution in [-0.2, 0) is 16.0 Å². The second-order valence-corrected chi connectivity index (χ2v) is 9.34. The van der Waals surface area contributed by atoms with Crippen LogP contribution in [0.2, 0.25) is 0 Å². The van der Waals surface area contributed by atoms with Crippen molar-refractivity contribution in [2.45, 2.75) is 25.3 Å². The van der Waals surface area contributed by atoms with E-state index in [4.69, 9.17) is 15.6 Å². The normalized spacial score (nSPS) is 20.6. The summed E-state index contributed by atoms with van der Waals surface area (Å²) in [6.45, 7) is 3.63. The van der Waals surface area contributed by atoms with Crippen LogP contribution in [0.5, 0.6) is 0 Å². The highest BCUT2D eigenvalue weighted by atomic mass is 16.5. The summed E-state index contributed by atoms with van der Waals surface area (Å²) in [5.41, 5.74) is 10.7. The molecule has 0 aromatic heterocycles. The molecule has 1 fully saturated rings. The first-order valence-electron chi connectivity index (χ1n) is 12.2. The number of carbonyl (C=O) groups is 2. The van der Waals surface area contributed by atoms with E-state index < -0.39 is 0 Å². The molecule has 0 radical (unpaired) electrons. The molecule has 2 aromatic carbocycles. The summed E-state index contributed by atoms with van der Waals surface area (Å²) in [5.74, 6) is -0.476. The molecule has 1 aliphatic heterocycles. The molecule has 0 spiro atoms. The van der Waals surface area contributed by atoms with Gasteiger partial charge >= 0.3 is 5.97 Å². The van der Waals surface area contributed by atoms with Crippen molar-refractivity contribution in [3.8, 4) is 0 Å². The van der Waals surface area contributed by atoms with Crippen LogP contribution < -0.4 is 5.73 Å². The van der Waals surface area contributed by atoms with Gasteiger partial charge in [0.1, 0.15) is 6.61 Å². The number of hydrogen-bond donors (Lipinski definition) is 2. The fourth-order valence-electron chi connectivity index (χ4n) is 4.66. The zero-order valence-corrected chi connectivity index (χ0v) is 20.2. The Labute approximate surface area is 206 Å². The third kappa shape index (κ3) is 6.33. The molecule has 1 saturated heterocycles. The number of fused-ring (bicyclic) bond motifs is 1. The van der Waals surface area contributed by atoms with Crippen molar-refractivity contribution in [1.29, 1.82) is 0 Å². The molecule has 4 rings (SSSR count). The van der Waals surface area contributed by atoms with Crippen molar-refractivity contribution in [3.05, 3.63) is 70.3 Å². The van der Waals surface area contributed by atoms with Crippen molar-refractivity contribution in [1.82, 2.24) is 9.91 Å². The molecule has 0 bridgehead atoms. The molecule has 1 aliphatic carbocycles. The molecule has 186 valence electrons. The number of esters is 1. The van der Waals surface area contributed by atoms with E-state index >= 15 is 0 Å². The van der Waals surface area contributed by atoms with E-state index in [2.05, 4.69) is 22.1 Å². The maximum atomic E-state index is 13.2. The number of benzene rings is 2. The molecular weight excluding hydrogens is 444 g/mol. The number of hydrazone groups is 1. The third-order valence-corrected chi connectivity index (χ3v) is 6.87. The molecule has 2 aromatic rings. The van der Waals surface area contributed by atoms with E-state index in [1.54, 1.807) is 0 Å². The number of aryl methyl sites for hydroxylation is 1. The topological polar surface area (TPSA) is 108 Å². The van der Waals surface area contributed by atoms with Crippen molar-refractivity contribution >= 4 is 18.0 Å². The average molecular weight is 479 g/mol. The van der Waals surface area contributed by atoms with Crippen LogP contribution in [0.25, 0.3) is 0 Å². The van der Waals surface area contributed by atoms with Crippen LogP contribution in [0, 0.1) is 5.92 Å². The van der Waals surface area contributed by atoms with E-state index in [1.165, 1.54) is 0 Å². The van der Waals surface area contributed by atoms with Crippen molar-refractivity contribution in [2.24, 2.45) is 16.8 Å². The smallest absolute Gasteiger partial charge is 0.306 e. The molecule has 0 saturated carbocycles. The van der Waals surface area contributed by atoms with Gasteiger partial charge < -0.3 is 20.5 Å². The maximum Gasteiger partial charge on any atom is 0.306 e. The maximum absolute atomic E-state index is 13.2. The number of nitrogens with zero attached hydrogens (tertiary/aromatic N) is 3. The predicted octanol–water partition coefficient (Wildman–Crippen LogP) is 1.99. The molecule has 8 heteroatoms. The summed E-state index contributed by atoms with van der Waals surface area (Å²) in [7, 11) is 2.11. The Bertz CT molecular complexity index is 1060. The molecule has 2 aliphatic rings. The highest BCUT2D eigenvalue weighted by Gasteiger charge is 2.29. The Kier molecular flexibility index (Phi) is 8.28. The van der Waals surface area contributed by atoms with Gasteiger partial charge in [-0.3, -0.25) is 14.6 Å². The van der Waals surface area contributed by atoms with Crippen LogP contribution in [0.3, 0.4) is 0 Å². The molecule has 3 N–H and O–H groups in total. The van der Waals surface area contributed by atoms with E-state index in [1.807, 2.05) is 48.7 Å². The number of likely N-dealkylation sites (N-methyl/N-ethyl adjacent to an activating group) is 1. The summed E-state index contributed by atoms with van der Waals surface area (Å²) in [4.78, 5) is 27.5. The van der Waals surface area contributed by atoms with Crippen LogP contribution in [0.1, 0.15) is 51.5 Å². The molecular formula is C27H34N4O4. The van der Waals surface area contributed by atoms with Crippen molar-refractivity contribution in [2.75, 3.05) is 46.4 Å². The minimum atomic E-state index is -0.355. The largest absolute Gasteiger partial charge is 0.463 e. The van der Waals surface area contributed by atoms with Crippen LogP contribution in [0.15, 0.2) is 47.6 Å². The SMILES string of the molecule is CN1CCN(N=Cc2ccc(C(=O)c3ccc4c(c3)C(N)C(CC(=O)OCCO)CC4)cc2)CC1. The lowest BCUT2D eigenvalue weighted by Crippen LogP contribution is -2.41. The number of piperazine rings is 1. The third-order valence-electron chi connectivity index (χ3n) is 6.87. The van der Waals surface area contributed by atoms with Crippen molar-refractivity contribution < 1.29 is 19.4 Å². The zero-order chi connectivity index (χ0) is 24.8. The number of nitrogens with two attached hydrogens (primary N) is 1. The Morgan fingerprint density at radius 3 is 2.54 bits per heavy atom. The standard InChI is InChI=1S/C27H34N4O4/c1-30-10-12-31(13-11-30)29-18-19-2-4-21(5-3-19)27(34)23-9-7-20-6-8-22(26(28)24(20)16-23)17-25(33)35-15-14-32/h2-5,7,9,16,18,22,26,32H,6,8,10-15,17,28H2,1H3. The van der Waals surface area contributed by atoms with E-state index in [-0.39, 0.29) is 43.3 Å². The van der Waals surface area contributed by atoms with Crippen LogP contribution in [0.4, 0.5) is 0 Å². The van der Waals surface area contributed by atoms with Gasteiger partial charge in [0.2, 0.25) is 0 Å². The summed E-state index contributed by atoms with van der Waals surface area (Å²) < 4.78 is 5.00. The Morgan fingerprint density at radius 2 is 1.83 bits per heavy atom. The van der Waals surface area contributed by atoms with Crippen LogP contribution in [-0.4, -0.2) is 79.4 Å². The Hall–Kier alpha value is -3.07. The van der Waals surface area contributed by atoms with Crippen LogP contribution >= 0.6 is 0 Å². The molecule has 8 nitrogen and oxygen atoms in total. The van der Waals surface area contributed by atoms with Gasteiger partial charge in [0, 0.05) is 43.3 Å². The quantitative estimate of drug-likeness (QED) is 0.339.